The molecule has 3 atom stereocenters. The lowest BCUT2D eigenvalue weighted by molar-refractivity contribution is -0.156. The van der Waals surface area contributed by atoms with Crippen LogP contribution < -0.4 is 0 Å². The van der Waals surface area contributed by atoms with Crippen LogP contribution in [-0.4, -0.2) is 41.8 Å². The molecule has 1 fully saturated rings. The van der Waals surface area contributed by atoms with E-state index in [9.17, 15) is 9.90 Å². The Balaban J connectivity index is 2.08. The third-order valence-corrected chi connectivity index (χ3v) is 3.92. The van der Waals surface area contributed by atoms with Crippen molar-refractivity contribution in [3.05, 3.63) is 35.9 Å². The van der Waals surface area contributed by atoms with Crippen LogP contribution in [0.25, 0.3) is 0 Å². The van der Waals surface area contributed by atoms with Crippen molar-refractivity contribution in [2.45, 2.75) is 32.0 Å². The molecule has 4 heteroatoms. The third kappa shape index (κ3) is 3.14. The molecular weight excluding hydrogens is 242 g/mol. The molecule has 0 bridgehead atoms. The van der Waals surface area contributed by atoms with Crippen LogP contribution in [-0.2, 0) is 16.1 Å². The van der Waals surface area contributed by atoms with Crippen molar-refractivity contribution in [1.82, 2.24) is 4.90 Å². The summed E-state index contributed by atoms with van der Waals surface area (Å²) >= 11 is 0. The highest BCUT2D eigenvalue weighted by Gasteiger charge is 2.39. The fourth-order valence-electron chi connectivity index (χ4n) is 2.76. The predicted octanol–water partition coefficient (Wildman–Crippen LogP) is 1.43. The third-order valence-electron chi connectivity index (χ3n) is 3.92. The van der Waals surface area contributed by atoms with Crippen molar-refractivity contribution in [2.75, 3.05) is 13.7 Å². The maximum Gasteiger partial charge on any atom is 0.312 e. The Labute approximate surface area is 114 Å². The van der Waals surface area contributed by atoms with Gasteiger partial charge in [0.15, 0.2) is 0 Å². The van der Waals surface area contributed by atoms with Gasteiger partial charge in [0.1, 0.15) is 0 Å². The number of rotatable bonds is 3. The van der Waals surface area contributed by atoms with E-state index in [0.717, 1.165) is 13.1 Å². The van der Waals surface area contributed by atoms with Crippen molar-refractivity contribution in [3.63, 3.8) is 0 Å². The first-order valence-corrected chi connectivity index (χ1v) is 6.67. The minimum atomic E-state index is -0.602. The number of ether oxygens (including phenoxy) is 1. The first kappa shape index (κ1) is 14.0. The molecule has 0 aromatic heterocycles. The molecule has 0 saturated carbocycles. The van der Waals surface area contributed by atoms with Crippen LogP contribution in [0.1, 0.15) is 18.9 Å². The van der Waals surface area contributed by atoms with Gasteiger partial charge in [-0.1, -0.05) is 30.3 Å². The number of likely N-dealkylation sites (tertiary alicyclic amines) is 1. The van der Waals surface area contributed by atoms with E-state index in [2.05, 4.69) is 17.0 Å². The van der Waals surface area contributed by atoms with Gasteiger partial charge in [-0.3, -0.25) is 9.69 Å². The molecule has 1 saturated heterocycles. The number of piperidine rings is 1. The summed E-state index contributed by atoms with van der Waals surface area (Å²) in [6.07, 6.45) is 0.00574. The number of hydrogen-bond acceptors (Lipinski definition) is 4. The van der Waals surface area contributed by atoms with Gasteiger partial charge in [-0.15, -0.1) is 0 Å². The van der Waals surface area contributed by atoms with E-state index in [1.165, 1.54) is 12.7 Å². The van der Waals surface area contributed by atoms with Crippen molar-refractivity contribution in [2.24, 2.45) is 5.92 Å². The number of esters is 1. The maximum atomic E-state index is 11.8. The largest absolute Gasteiger partial charge is 0.469 e. The Morgan fingerprint density at radius 1 is 1.42 bits per heavy atom. The highest BCUT2D eigenvalue weighted by Crippen LogP contribution is 2.26. The Morgan fingerprint density at radius 2 is 2.11 bits per heavy atom. The molecular formula is C15H21NO3. The Morgan fingerprint density at radius 3 is 2.74 bits per heavy atom. The first-order chi connectivity index (χ1) is 9.13. The number of nitrogens with zero attached hydrogens (tertiary/aromatic N) is 1. The fraction of sp³-hybridized carbons (Fsp3) is 0.533. The van der Waals surface area contributed by atoms with E-state index in [4.69, 9.17) is 4.74 Å². The summed E-state index contributed by atoms with van der Waals surface area (Å²) in [5.74, 6) is -0.778. The van der Waals surface area contributed by atoms with Gasteiger partial charge in [0, 0.05) is 19.1 Å². The predicted molar refractivity (Wildman–Crippen MR) is 72.4 cm³/mol. The van der Waals surface area contributed by atoms with Crippen LogP contribution in [0.5, 0.6) is 0 Å². The standard InChI is InChI=1S/C15H21NO3/c1-11-14(15(18)19-2)13(17)8-9-16(11)10-12-6-4-3-5-7-12/h3-7,11,13-14,17H,8-10H2,1-2H3/t11-,13+,14-/m0/s1. The molecule has 0 amide bonds. The number of carbonyl (C=O) groups excluding carboxylic acids is 1. The Bertz CT molecular complexity index is 421. The normalized spacial score (nSPS) is 28.1. The monoisotopic (exact) mass is 263 g/mol. The summed E-state index contributed by atoms with van der Waals surface area (Å²) < 4.78 is 4.80. The van der Waals surface area contributed by atoms with Crippen LogP contribution >= 0.6 is 0 Å². The van der Waals surface area contributed by atoms with E-state index in [0.29, 0.717) is 6.42 Å². The lowest BCUT2D eigenvalue weighted by Crippen LogP contribution is -2.52. The zero-order chi connectivity index (χ0) is 13.8. The number of methoxy groups -OCH3 is 1. The summed E-state index contributed by atoms with van der Waals surface area (Å²) in [7, 11) is 1.37. The van der Waals surface area contributed by atoms with Gasteiger partial charge >= 0.3 is 5.97 Å². The summed E-state index contributed by atoms with van der Waals surface area (Å²) in [5, 5.41) is 10.00. The molecule has 0 spiro atoms. The molecule has 104 valence electrons. The van der Waals surface area contributed by atoms with Crippen LogP contribution in [0.2, 0.25) is 0 Å². The van der Waals surface area contributed by atoms with Crippen molar-refractivity contribution in [1.29, 1.82) is 0 Å². The lowest BCUT2D eigenvalue weighted by atomic mass is 9.87. The number of carbonyl (C=O) groups is 1. The zero-order valence-electron chi connectivity index (χ0n) is 11.5. The summed E-state index contributed by atoms with van der Waals surface area (Å²) in [6, 6.07) is 10.1. The second-order valence-electron chi connectivity index (χ2n) is 5.10. The Kier molecular flexibility index (Phi) is 4.56. The van der Waals surface area contributed by atoms with E-state index >= 15 is 0 Å². The molecule has 1 N–H and O–H groups in total. The second-order valence-corrected chi connectivity index (χ2v) is 5.10. The molecule has 1 heterocycles. The lowest BCUT2D eigenvalue weighted by Gasteiger charge is -2.40. The van der Waals surface area contributed by atoms with E-state index < -0.39 is 12.0 Å². The minimum absolute atomic E-state index is 0.0172. The highest BCUT2D eigenvalue weighted by molar-refractivity contribution is 5.74. The topological polar surface area (TPSA) is 49.8 Å². The van der Waals surface area contributed by atoms with Crippen molar-refractivity contribution < 1.29 is 14.6 Å². The van der Waals surface area contributed by atoms with Gasteiger partial charge in [0.05, 0.1) is 19.1 Å². The van der Waals surface area contributed by atoms with Gasteiger partial charge in [0.2, 0.25) is 0 Å². The first-order valence-electron chi connectivity index (χ1n) is 6.67. The molecule has 0 aliphatic carbocycles. The van der Waals surface area contributed by atoms with Crippen LogP contribution in [0.4, 0.5) is 0 Å². The molecule has 1 aliphatic heterocycles. The number of aliphatic hydroxyl groups excluding tert-OH is 1. The Hall–Kier alpha value is -1.39. The van der Waals surface area contributed by atoms with E-state index in [1.807, 2.05) is 25.1 Å². The van der Waals surface area contributed by atoms with Gasteiger partial charge in [0.25, 0.3) is 0 Å². The molecule has 2 rings (SSSR count). The van der Waals surface area contributed by atoms with Gasteiger partial charge in [-0.25, -0.2) is 0 Å². The van der Waals surface area contributed by atoms with Crippen LogP contribution in [0, 0.1) is 5.92 Å². The maximum absolute atomic E-state index is 11.8. The van der Waals surface area contributed by atoms with Gasteiger partial charge in [-0.2, -0.15) is 0 Å². The van der Waals surface area contributed by atoms with E-state index in [1.54, 1.807) is 0 Å². The average molecular weight is 263 g/mol. The number of benzene rings is 1. The summed E-state index contributed by atoms with van der Waals surface area (Å²) in [4.78, 5) is 14.0. The summed E-state index contributed by atoms with van der Waals surface area (Å²) in [5.41, 5.74) is 1.22. The quantitative estimate of drug-likeness (QED) is 0.838. The van der Waals surface area contributed by atoms with Crippen LogP contribution in [0.3, 0.4) is 0 Å². The summed E-state index contributed by atoms with van der Waals surface area (Å²) in [6.45, 7) is 3.57. The zero-order valence-corrected chi connectivity index (χ0v) is 11.5. The number of aliphatic hydroxyl groups is 1. The van der Waals surface area contributed by atoms with Gasteiger partial charge in [-0.05, 0) is 18.9 Å². The fourth-order valence-corrected chi connectivity index (χ4v) is 2.76. The van der Waals surface area contributed by atoms with Gasteiger partial charge < -0.3 is 9.84 Å². The SMILES string of the molecule is COC(=O)[C@@H]1[C@H](O)CCN(Cc2ccccc2)[C@H]1C. The minimum Gasteiger partial charge on any atom is -0.469 e. The van der Waals surface area contributed by atoms with E-state index in [-0.39, 0.29) is 12.0 Å². The molecule has 0 radical (unpaired) electrons. The average Bonchev–Trinajstić information content (AvgIpc) is 2.43. The van der Waals surface area contributed by atoms with Crippen molar-refractivity contribution in [3.8, 4) is 0 Å². The highest BCUT2D eigenvalue weighted by atomic mass is 16.5. The molecule has 4 nitrogen and oxygen atoms in total. The molecule has 1 aromatic rings. The molecule has 1 aliphatic rings. The second kappa shape index (κ2) is 6.17. The molecule has 1 aromatic carbocycles. The molecule has 19 heavy (non-hydrogen) atoms. The molecule has 0 unspecified atom stereocenters. The van der Waals surface area contributed by atoms with Crippen molar-refractivity contribution >= 4 is 5.97 Å². The number of hydrogen-bond donors (Lipinski definition) is 1. The van der Waals surface area contributed by atoms with Crippen LogP contribution in [0.15, 0.2) is 30.3 Å². The smallest absolute Gasteiger partial charge is 0.312 e.